The molecule has 17 nitrogen and oxygen atoms in total. The number of unbranched alkanes of at least 4 members (excludes halogenated alkanes) is 44. The molecule has 0 aromatic rings. The first-order chi connectivity index (χ1) is 48.7. The van der Waals surface area contributed by atoms with Crippen LogP contribution in [0.1, 0.15) is 387 Å². The maximum atomic E-state index is 13.1. The Labute approximate surface area is 610 Å². The van der Waals surface area contributed by atoms with Crippen LogP contribution in [-0.4, -0.2) is 96.7 Å². The highest BCUT2D eigenvalue weighted by Crippen LogP contribution is 2.45. The molecule has 19 heteroatoms. The Balaban J connectivity index is 5.32. The van der Waals surface area contributed by atoms with Gasteiger partial charge in [0.05, 0.1) is 26.4 Å². The number of rotatable bonds is 78. The number of phosphoric ester groups is 2. The van der Waals surface area contributed by atoms with Crippen LogP contribution in [0.5, 0.6) is 0 Å². The molecular formula is C81H150O17P2. The van der Waals surface area contributed by atoms with Crippen LogP contribution >= 0.6 is 15.6 Å². The molecule has 0 heterocycles. The van der Waals surface area contributed by atoms with Gasteiger partial charge in [0.1, 0.15) is 19.3 Å². The Morgan fingerprint density at radius 3 is 0.760 bits per heavy atom. The smallest absolute Gasteiger partial charge is 0.462 e. The Hall–Kier alpha value is -2.98. The number of aliphatic hydroxyl groups excluding tert-OH is 1. The van der Waals surface area contributed by atoms with Gasteiger partial charge in [0.15, 0.2) is 12.2 Å². The predicted molar refractivity (Wildman–Crippen MR) is 409 cm³/mol. The van der Waals surface area contributed by atoms with Crippen LogP contribution in [0.25, 0.3) is 0 Å². The zero-order valence-electron chi connectivity index (χ0n) is 64.1. The van der Waals surface area contributed by atoms with Crippen molar-refractivity contribution in [1.82, 2.24) is 0 Å². The lowest BCUT2D eigenvalue weighted by Gasteiger charge is -2.21. The molecule has 0 bridgehead atoms. The standard InChI is InChI=1S/C81H150O17P2/c1-5-9-13-17-21-25-29-33-36-37-40-44-48-52-56-60-64-68-81(86)98-76(71-91-78(83)65-61-57-53-49-45-41-32-28-24-20-16-12-8-4)73-95-99(87,88)93-69-75(82)70-94-100(89,90)96-74-77(97-80(85)67-63-59-55-51-47-43-39-35-31-27-23-19-15-11-7-3)72-92-79(84)66-62-58-54-50-46-42-38-34-30-26-22-18-14-10-6-2/h22-23,26-27,34-35,38-39,75-77,82H,5-21,24-25,28-33,36-37,40-74H2,1-4H3,(H,87,88)(H,89,90)/b26-22-,27-23-,38-34-,39-35-/t75-,76-,77-/m1/s1. The van der Waals surface area contributed by atoms with Crippen LogP contribution in [0.4, 0.5) is 0 Å². The summed E-state index contributed by atoms with van der Waals surface area (Å²) in [6.07, 6.45) is 72.2. The van der Waals surface area contributed by atoms with Gasteiger partial charge in [0.2, 0.25) is 0 Å². The predicted octanol–water partition coefficient (Wildman–Crippen LogP) is 23.7. The molecule has 0 aliphatic heterocycles. The van der Waals surface area contributed by atoms with E-state index in [-0.39, 0.29) is 25.7 Å². The quantitative estimate of drug-likeness (QED) is 0.0169. The fraction of sp³-hybridized carbons (Fsp3) is 0.852. The molecule has 0 fully saturated rings. The van der Waals surface area contributed by atoms with E-state index in [2.05, 4.69) is 76.3 Å². The van der Waals surface area contributed by atoms with Crippen molar-refractivity contribution in [2.45, 2.75) is 406 Å². The largest absolute Gasteiger partial charge is 0.472 e. The molecule has 0 amide bonds. The number of hydrogen-bond donors (Lipinski definition) is 3. The third-order valence-electron chi connectivity index (χ3n) is 17.8. The van der Waals surface area contributed by atoms with E-state index in [0.29, 0.717) is 25.7 Å². The summed E-state index contributed by atoms with van der Waals surface area (Å²) in [5, 5.41) is 10.6. The molecule has 3 N–H and O–H groups in total. The number of esters is 4. The Morgan fingerprint density at radius 1 is 0.280 bits per heavy atom. The molecule has 0 aromatic carbocycles. The van der Waals surface area contributed by atoms with Gasteiger partial charge in [-0.1, -0.05) is 320 Å². The Kier molecular flexibility index (Phi) is 72.1. The summed E-state index contributed by atoms with van der Waals surface area (Å²) in [4.78, 5) is 73.0. The van der Waals surface area contributed by atoms with E-state index in [1.807, 2.05) is 0 Å². The lowest BCUT2D eigenvalue weighted by Crippen LogP contribution is -2.30. The molecule has 100 heavy (non-hydrogen) atoms. The van der Waals surface area contributed by atoms with Crippen LogP contribution in [-0.2, 0) is 65.4 Å². The molecular weight excluding hydrogens is 1310 g/mol. The molecule has 0 radical (unpaired) electrons. The van der Waals surface area contributed by atoms with Gasteiger partial charge in [-0.3, -0.25) is 37.3 Å². The molecule has 0 aliphatic rings. The highest BCUT2D eigenvalue weighted by Gasteiger charge is 2.30. The lowest BCUT2D eigenvalue weighted by molar-refractivity contribution is -0.161. The fourth-order valence-electron chi connectivity index (χ4n) is 11.5. The molecule has 0 rings (SSSR count). The number of carbonyl (C=O) groups excluding carboxylic acids is 4. The van der Waals surface area contributed by atoms with Crippen molar-refractivity contribution in [3.8, 4) is 0 Å². The van der Waals surface area contributed by atoms with E-state index in [0.717, 1.165) is 135 Å². The molecule has 0 saturated carbocycles. The van der Waals surface area contributed by atoms with Gasteiger partial charge < -0.3 is 33.8 Å². The van der Waals surface area contributed by atoms with Crippen molar-refractivity contribution >= 4 is 39.5 Å². The van der Waals surface area contributed by atoms with E-state index in [1.165, 1.54) is 173 Å². The van der Waals surface area contributed by atoms with Crippen molar-refractivity contribution in [1.29, 1.82) is 0 Å². The van der Waals surface area contributed by atoms with Crippen molar-refractivity contribution in [3.05, 3.63) is 48.6 Å². The number of carbonyl (C=O) groups is 4. The summed E-state index contributed by atoms with van der Waals surface area (Å²) >= 11 is 0. The summed E-state index contributed by atoms with van der Waals surface area (Å²) < 4.78 is 68.7. The number of aliphatic hydroxyl groups is 1. The van der Waals surface area contributed by atoms with E-state index in [9.17, 15) is 43.2 Å². The molecule has 0 spiro atoms. The molecule has 5 atom stereocenters. The van der Waals surface area contributed by atoms with Crippen molar-refractivity contribution < 1.29 is 80.2 Å². The summed E-state index contributed by atoms with van der Waals surface area (Å²) in [5.74, 6) is -2.16. The van der Waals surface area contributed by atoms with Crippen LogP contribution in [0, 0.1) is 0 Å². The van der Waals surface area contributed by atoms with E-state index in [1.54, 1.807) is 0 Å². The third-order valence-corrected chi connectivity index (χ3v) is 19.7. The lowest BCUT2D eigenvalue weighted by atomic mass is 10.0. The second-order valence-electron chi connectivity index (χ2n) is 27.7. The molecule has 586 valence electrons. The summed E-state index contributed by atoms with van der Waals surface area (Å²) in [7, 11) is -9.94. The maximum Gasteiger partial charge on any atom is 0.472 e. The average Bonchev–Trinajstić information content (AvgIpc) is 1.11. The first-order valence-corrected chi connectivity index (χ1v) is 43.9. The van der Waals surface area contributed by atoms with Gasteiger partial charge in [-0.2, -0.15) is 0 Å². The summed E-state index contributed by atoms with van der Waals surface area (Å²) in [6, 6.07) is 0. The van der Waals surface area contributed by atoms with Crippen molar-refractivity contribution in [3.63, 3.8) is 0 Å². The van der Waals surface area contributed by atoms with Crippen LogP contribution in [0.2, 0.25) is 0 Å². The topological polar surface area (TPSA) is 237 Å². The summed E-state index contributed by atoms with van der Waals surface area (Å²) in [6.45, 7) is 4.89. The molecule has 0 aromatic heterocycles. The van der Waals surface area contributed by atoms with Gasteiger partial charge in [0.25, 0.3) is 0 Å². The van der Waals surface area contributed by atoms with Crippen molar-refractivity contribution in [2.75, 3.05) is 39.6 Å². The van der Waals surface area contributed by atoms with E-state index in [4.69, 9.17) is 37.0 Å². The highest BCUT2D eigenvalue weighted by molar-refractivity contribution is 7.47. The Morgan fingerprint density at radius 2 is 0.490 bits per heavy atom. The molecule has 0 aliphatic carbocycles. The average molecular weight is 1460 g/mol. The van der Waals surface area contributed by atoms with Crippen LogP contribution in [0.3, 0.4) is 0 Å². The van der Waals surface area contributed by atoms with E-state index >= 15 is 0 Å². The molecule has 2 unspecified atom stereocenters. The monoisotopic (exact) mass is 1460 g/mol. The van der Waals surface area contributed by atoms with Gasteiger partial charge >= 0.3 is 39.5 Å². The minimum absolute atomic E-state index is 0.0806. The van der Waals surface area contributed by atoms with Crippen molar-refractivity contribution in [2.24, 2.45) is 0 Å². The second-order valence-corrected chi connectivity index (χ2v) is 30.6. The Bertz CT molecular complexity index is 2080. The van der Waals surface area contributed by atoms with Gasteiger partial charge in [-0.25, -0.2) is 9.13 Å². The summed E-state index contributed by atoms with van der Waals surface area (Å²) in [5.41, 5.74) is 0. The number of ether oxygens (including phenoxy) is 4. The number of hydrogen-bond acceptors (Lipinski definition) is 15. The maximum absolute atomic E-state index is 13.1. The minimum atomic E-state index is -4.97. The first kappa shape index (κ1) is 97.0. The highest BCUT2D eigenvalue weighted by atomic mass is 31.2. The third kappa shape index (κ3) is 73.3. The minimum Gasteiger partial charge on any atom is -0.462 e. The van der Waals surface area contributed by atoms with Gasteiger partial charge in [-0.15, -0.1) is 0 Å². The zero-order chi connectivity index (χ0) is 73.2. The first-order valence-electron chi connectivity index (χ1n) is 40.9. The van der Waals surface area contributed by atoms with Gasteiger partial charge in [-0.05, 0) is 89.9 Å². The fourth-order valence-corrected chi connectivity index (χ4v) is 13.1. The number of phosphoric acid groups is 2. The second kappa shape index (κ2) is 74.3. The van der Waals surface area contributed by atoms with Crippen LogP contribution < -0.4 is 0 Å². The van der Waals surface area contributed by atoms with Crippen LogP contribution in [0.15, 0.2) is 48.6 Å². The normalized spacial score (nSPS) is 14.1. The number of allylic oxidation sites excluding steroid dienone is 8. The molecule has 0 saturated heterocycles. The van der Waals surface area contributed by atoms with E-state index < -0.39 is 97.5 Å². The zero-order valence-corrected chi connectivity index (χ0v) is 65.9. The van der Waals surface area contributed by atoms with Gasteiger partial charge in [0, 0.05) is 25.7 Å². The SMILES string of the molecule is CCCCC/C=C\C/C=C\CCCCCCCC(=O)OC[C@H](COP(=O)(O)OC[C@H](O)COP(=O)(O)OC[C@@H](COC(=O)CCCCCCCCCCCCCCC)OC(=O)CCCCCCCCCCCCCCCCCCC)OC(=O)CCCCCCC/C=C\C/C=C\CCCCC.